The molecule has 0 aromatic heterocycles. The topological polar surface area (TPSA) is 59.6 Å². The molecule has 2 N–H and O–H groups in total. The predicted octanol–water partition coefficient (Wildman–Crippen LogP) is 3.90. The van der Waals surface area contributed by atoms with Crippen LogP contribution in [0.3, 0.4) is 0 Å². The first-order chi connectivity index (χ1) is 13.7. The van der Waals surface area contributed by atoms with Crippen LogP contribution in [0.15, 0.2) is 60.7 Å². The Hall–Kier alpha value is -2.89. The summed E-state index contributed by atoms with van der Waals surface area (Å²) in [6.07, 6.45) is 0. The highest BCUT2D eigenvalue weighted by Crippen LogP contribution is 2.28. The van der Waals surface area contributed by atoms with Crippen molar-refractivity contribution >= 4 is 22.4 Å². The highest BCUT2D eigenvalue weighted by molar-refractivity contribution is 5.92. The van der Waals surface area contributed by atoms with Gasteiger partial charge in [-0.15, -0.1) is 0 Å². The zero-order valence-electron chi connectivity index (χ0n) is 16.3. The van der Waals surface area contributed by atoms with Gasteiger partial charge in [-0.2, -0.15) is 0 Å². The summed E-state index contributed by atoms with van der Waals surface area (Å²) in [5, 5.41) is 8.48. The van der Waals surface area contributed by atoms with E-state index in [1.165, 1.54) is 0 Å². The van der Waals surface area contributed by atoms with Crippen molar-refractivity contribution in [1.82, 2.24) is 5.32 Å². The third kappa shape index (κ3) is 5.31. The third-order valence-corrected chi connectivity index (χ3v) is 4.48. The van der Waals surface area contributed by atoms with Crippen molar-refractivity contribution in [3.8, 4) is 5.75 Å². The van der Waals surface area contributed by atoms with Gasteiger partial charge in [-0.1, -0.05) is 48.0 Å². The number of rotatable bonds is 9. The lowest BCUT2D eigenvalue weighted by Crippen LogP contribution is -2.22. The highest BCUT2D eigenvalue weighted by Gasteiger charge is 2.11. The van der Waals surface area contributed by atoms with Gasteiger partial charge in [0.05, 0.1) is 6.61 Å². The number of ether oxygens (including phenoxy) is 2. The van der Waals surface area contributed by atoms with Gasteiger partial charge < -0.3 is 20.1 Å². The van der Waals surface area contributed by atoms with E-state index in [0.717, 1.165) is 34.1 Å². The Morgan fingerprint density at radius 2 is 1.79 bits per heavy atom. The Morgan fingerprint density at radius 1 is 1.00 bits per heavy atom. The van der Waals surface area contributed by atoms with Crippen LogP contribution in [0.1, 0.15) is 11.1 Å². The average Bonchev–Trinajstić information content (AvgIpc) is 2.72. The van der Waals surface area contributed by atoms with Crippen molar-refractivity contribution in [2.45, 2.75) is 13.5 Å². The second-order valence-electron chi connectivity index (χ2n) is 6.64. The van der Waals surface area contributed by atoms with E-state index < -0.39 is 0 Å². The van der Waals surface area contributed by atoms with Crippen LogP contribution in [-0.2, 0) is 16.1 Å². The van der Waals surface area contributed by atoms with Gasteiger partial charge >= 0.3 is 0 Å². The van der Waals surface area contributed by atoms with Crippen LogP contribution in [-0.4, -0.2) is 32.8 Å². The summed E-state index contributed by atoms with van der Waals surface area (Å²) in [7, 11) is 1.68. The summed E-state index contributed by atoms with van der Waals surface area (Å²) in [5.41, 5.74) is 2.95. The average molecular weight is 378 g/mol. The van der Waals surface area contributed by atoms with Gasteiger partial charge in [0, 0.05) is 31.5 Å². The van der Waals surface area contributed by atoms with Crippen LogP contribution in [0, 0.1) is 6.92 Å². The van der Waals surface area contributed by atoms with Crippen LogP contribution in [0.25, 0.3) is 10.8 Å². The number of hydrogen-bond donors (Lipinski definition) is 2. The Bertz CT molecular complexity index is 923. The Labute approximate surface area is 165 Å². The van der Waals surface area contributed by atoms with Crippen molar-refractivity contribution < 1.29 is 14.3 Å². The fourth-order valence-electron chi connectivity index (χ4n) is 3.00. The van der Waals surface area contributed by atoms with E-state index in [9.17, 15) is 4.79 Å². The molecule has 0 bridgehead atoms. The molecule has 3 aromatic rings. The molecular formula is C23H26N2O3. The highest BCUT2D eigenvalue weighted by atomic mass is 16.5. The van der Waals surface area contributed by atoms with Gasteiger partial charge in [0.2, 0.25) is 0 Å². The number of fused-ring (bicyclic) bond motifs is 1. The molecule has 0 atom stereocenters. The molecule has 0 saturated carbocycles. The lowest BCUT2D eigenvalue weighted by atomic mass is 10.0. The summed E-state index contributed by atoms with van der Waals surface area (Å²) in [5.74, 6) is 0.526. The van der Waals surface area contributed by atoms with Gasteiger partial charge in [0.15, 0.2) is 6.61 Å². The minimum Gasteiger partial charge on any atom is -0.483 e. The quantitative estimate of drug-likeness (QED) is 0.555. The molecule has 3 aromatic carbocycles. The van der Waals surface area contributed by atoms with E-state index in [0.29, 0.717) is 18.9 Å². The van der Waals surface area contributed by atoms with Gasteiger partial charge in [-0.25, -0.2) is 0 Å². The first-order valence-electron chi connectivity index (χ1n) is 9.37. The minimum absolute atomic E-state index is 0.0444. The number of amides is 1. The first kappa shape index (κ1) is 19.9. The molecule has 0 unspecified atom stereocenters. The Balaban J connectivity index is 1.70. The van der Waals surface area contributed by atoms with Crippen LogP contribution in [0.5, 0.6) is 5.75 Å². The number of carbonyl (C=O) groups is 1. The molecule has 28 heavy (non-hydrogen) atoms. The summed E-state index contributed by atoms with van der Waals surface area (Å²) < 4.78 is 11.0. The van der Waals surface area contributed by atoms with Crippen LogP contribution in [0.4, 0.5) is 5.69 Å². The lowest BCUT2D eigenvalue weighted by Gasteiger charge is -2.15. The largest absolute Gasteiger partial charge is 0.483 e. The summed E-state index contributed by atoms with van der Waals surface area (Å²) in [4.78, 5) is 12.3. The number of carbonyl (C=O) groups excluding carboxylic acids is 1. The molecule has 0 fully saturated rings. The second-order valence-corrected chi connectivity index (χ2v) is 6.64. The molecule has 146 valence electrons. The molecule has 0 radical (unpaired) electrons. The monoisotopic (exact) mass is 378 g/mol. The third-order valence-electron chi connectivity index (χ3n) is 4.48. The van der Waals surface area contributed by atoms with Crippen LogP contribution < -0.4 is 15.4 Å². The van der Waals surface area contributed by atoms with Crippen molar-refractivity contribution in [1.29, 1.82) is 0 Å². The lowest BCUT2D eigenvalue weighted by molar-refractivity contribution is -0.118. The molecular weight excluding hydrogens is 352 g/mol. The number of anilines is 1. The molecule has 1 amide bonds. The fourth-order valence-corrected chi connectivity index (χ4v) is 3.00. The second kappa shape index (κ2) is 9.88. The summed E-state index contributed by atoms with van der Waals surface area (Å²) >= 11 is 0. The standard InChI is InChI=1S/C23H26N2O3/c1-17-7-10-19(11-8-17)25-23(26)16-28-22-12-9-18-5-3-4-6-20(18)21(22)15-24-13-14-27-2/h3-12,24H,13-16H2,1-2H3,(H,25,26). The molecule has 0 aliphatic rings. The summed E-state index contributed by atoms with van der Waals surface area (Å²) in [6.45, 7) is 3.99. The molecule has 5 heteroatoms. The number of aryl methyl sites for hydroxylation is 1. The Morgan fingerprint density at radius 3 is 2.57 bits per heavy atom. The molecule has 5 nitrogen and oxygen atoms in total. The van der Waals surface area contributed by atoms with Gasteiger partial charge in [-0.3, -0.25) is 4.79 Å². The van der Waals surface area contributed by atoms with Crippen molar-refractivity contribution in [3.05, 3.63) is 71.8 Å². The van der Waals surface area contributed by atoms with Crippen LogP contribution in [0.2, 0.25) is 0 Å². The van der Waals surface area contributed by atoms with E-state index in [-0.39, 0.29) is 12.5 Å². The maximum absolute atomic E-state index is 12.3. The maximum Gasteiger partial charge on any atom is 0.262 e. The smallest absolute Gasteiger partial charge is 0.262 e. The van der Waals surface area contributed by atoms with Crippen molar-refractivity contribution in [3.63, 3.8) is 0 Å². The van der Waals surface area contributed by atoms with Crippen molar-refractivity contribution in [2.75, 3.05) is 32.2 Å². The molecule has 0 aliphatic carbocycles. The Kier molecular flexibility index (Phi) is 7.00. The van der Waals surface area contributed by atoms with E-state index in [1.807, 2.05) is 55.5 Å². The number of hydrogen-bond acceptors (Lipinski definition) is 4. The fraction of sp³-hybridized carbons (Fsp3) is 0.261. The molecule has 0 spiro atoms. The van der Waals surface area contributed by atoms with Crippen molar-refractivity contribution in [2.24, 2.45) is 0 Å². The van der Waals surface area contributed by atoms with E-state index in [4.69, 9.17) is 9.47 Å². The molecule has 0 heterocycles. The van der Waals surface area contributed by atoms with Gasteiger partial charge in [0.25, 0.3) is 5.91 Å². The normalized spacial score (nSPS) is 10.8. The first-order valence-corrected chi connectivity index (χ1v) is 9.37. The predicted molar refractivity (Wildman–Crippen MR) is 113 cm³/mol. The number of methoxy groups -OCH3 is 1. The number of nitrogens with one attached hydrogen (secondary N) is 2. The van der Waals surface area contributed by atoms with Crippen LogP contribution >= 0.6 is 0 Å². The minimum atomic E-state index is -0.185. The maximum atomic E-state index is 12.3. The van der Waals surface area contributed by atoms with E-state index >= 15 is 0 Å². The zero-order valence-corrected chi connectivity index (χ0v) is 16.3. The van der Waals surface area contributed by atoms with Gasteiger partial charge in [0.1, 0.15) is 5.75 Å². The number of benzene rings is 3. The van der Waals surface area contributed by atoms with E-state index in [1.54, 1.807) is 7.11 Å². The molecule has 3 rings (SSSR count). The zero-order chi connectivity index (χ0) is 19.8. The summed E-state index contributed by atoms with van der Waals surface area (Å²) in [6, 6.07) is 19.8. The van der Waals surface area contributed by atoms with Gasteiger partial charge in [-0.05, 0) is 35.9 Å². The van der Waals surface area contributed by atoms with E-state index in [2.05, 4.69) is 22.8 Å². The molecule has 0 saturated heterocycles. The SMILES string of the molecule is COCCNCc1c(OCC(=O)Nc2ccc(C)cc2)ccc2ccccc12. The molecule has 0 aliphatic heterocycles.